The molecule has 1 saturated heterocycles. The molecule has 174 valence electrons. The molecule has 0 radical (unpaired) electrons. The van der Waals surface area contributed by atoms with E-state index in [1.54, 1.807) is 14.2 Å². The van der Waals surface area contributed by atoms with Gasteiger partial charge >= 0.3 is 0 Å². The highest BCUT2D eigenvalue weighted by atomic mass is 16.5. The second-order valence-electron chi connectivity index (χ2n) is 7.95. The molecule has 0 bridgehead atoms. The number of nitrogens with one attached hydrogen (secondary N) is 1. The minimum Gasteiger partial charge on any atom is -0.493 e. The van der Waals surface area contributed by atoms with Crippen molar-refractivity contribution < 1.29 is 9.47 Å². The van der Waals surface area contributed by atoms with Crippen LogP contribution in [0.3, 0.4) is 0 Å². The van der Waals surface area contributed by atoms with E-state index >= 15 is 0 Å². The number of methoxy groups -OCH3 is 2. The number of rotatable bonds is 8. The molecule has 0 saturated carbocycles. The van der Waals surface area contributed by atoms with Crippen LogP contribution in [0.5, 0.6) is 11.5 Å². The molecule has 1 aliphatic rings. The van der Waals surface area contributed by atoms with Gasteiger partial charge in [-0.1, -0.05) is 12.1 Å². The first-order valence-electron chi connectivity index (χ1n) is 11.1. The van der Waals surface area contributed by atoms with Gasteiger partial charge in [0, 0.05) is 38.9 Å². The van der Waals surface area contributed by atoms with Gasteiger partial charge in [-0.3, -0.25) is 4.99 Å². The minimum atomic E-state index is 0.123. The number of anilines is 1. The highest BCUT2D eigenvalue weighted by molar-refractivity contribution is 5.80. The Bertz CT molecular complexity index is 866. The van der Waals surface area contributed by atoms with Crippen molar-refractivity contribution in [1.29, 1.82) is 0 Å². The molecule has 0 aliphatic carbocycles. The SMILES string of the molecule is CCNC(=NCC(c1ccc(OC)c(OC)c1)N(C)C)N1CCN(c2ccccn2)CC1. The molecule has 1 atom stereocenters. The number of ether oxygens (including phenoxy) is 2. The van der Waals surface area contributed by atoms with Gasteiger partial charge in [0.15, 0.2) is 17.5 Å². The second kappa shape index (κ2) is 11.6. The molecule has 1 aromatic heterocycles. The zero-order valence-electron chi connectivity index (χ0n) is 19.9. The van der Waals surface area contributed by atoms with E-state index in [1.165, 1.54) is 0 Å². The number of aromatic nitrogens is 1. The lowest BCUT2D eigenvalue weighted by atomic mass is 10.1. The number of benzene rings is 1. The average molecular weight is 441 g/mol. The van der Waals surface area contributed by atoms with Gasteiger partial charge in [0.2, 0.25) is 0 Å². The van der Waals surface area contributed by atoms with Crippen LogP contribution in [0.15, 0.2) is 47.6 Å². The highest BCUT2D eigenvalue weighted by Gasteiger charge is 2.22. The molecule has 0 spiro atoms. The Balaban J connectivity index is 1.71. The Kier molecular flexibility index (Phi) is 8.56. The number of guanidine groups is 1. The number of hydrogen-bond acceptors (Lipinski definition) is 6. The first-order chi connectivity index (χ1) is 15.6. The molecular formula is C24H36N6O2. The molecule has 1 aliphatic heterocycles. The lowest BCUT2D eigenvalue weighted by Crippen LogP contribution is -2.53. The van der Waals surface area contributed by atoms with Crippen molar-refractivity contribution in [2.24, 2.45) is 4.99 Å². The van der Waals surface area contributed by atoms with Crippen molar-refractivity contribution in [2.75, 3.05) is 72.5 Å². The van der Waals surface area contributed by atoms with Gasteiger partial charge in [0.1, 0.15) is 5.82 Å². The van der Waals surface area contributed by atoms with E-state index in [-0.39, 0.29) is 6.04 Å². The third-order valence-corrected chi connectivity index (χ3v) is 5.72. The largest absolute Gasteiger partial charge is 0.493 e. The van der Waals surface area contributed by atoms with Gasteiger partial charge in [-0.05, 0) is 50.8 Å². The molecule has 8 nitrogen and oxygen atoms in total. The molecule has 1 fully saturated rings. The van der Waals surface area contributed by atoms with Crippen molar-refractivity contribution in [2.45, 2.75) is 13.0 Å². The number of aliphatic imine (C=N–C) groups is 1. The highest BCUT2D eigenvalue weighted by Crippen LogP contribution is 2.31. The molecule has 2 aromatic rings. The van der Waals surface area contributed by atoms with Gasteiger partial charge in [-0.15, -0.1) is 0 Å². The van der Waals surface area contributed by atoms with E-state index in [0.29, 0.717) is 6.54 Å². The van der Waals surface area contributed by atoms with Gasteiger partial charge in [0.25, 0.3) is 0 Å². The number of piperazine rings is 1. The van der Waals surface area contributed by atoms with Crippen LogP contribution in [0.4, 0.5) is 5.82 Å². The van der Waals surface area contributed by atoms with Crippen LogP contribution in [-0.4, -0.2) is 88.3 Å². The minimum absolute atomic E-state index is 0.123. The van der Waals surface area contributed by atoms with Crippen LogP contribution in [-0.2, 0) is 0 Å². The molecule has 0 amide bonds. The van der Waals surface area contributed by atoms with Gasteiger partial charge in [-0.2, -0.15) is 0 Å². The van der Waals surface area contributed by atoms with Crippen LogP contribution in [0, 0.1) is 0 Å². The first kappa shape index (κ1) is 23.7. The summed E-state index contributed by atoms with van der Waals surface area (Å²) < 4.78 is 10.9. The Hall–Kier alpha value is -3.00. The smallest absolute Gasteiger partial charge is 0.194 e. The summed E-state index contributed by atoms with van der Waals surface area (Å²) in [6.45, 7) is 7.25. The molecule has 2 heterocycles. The van der Waals surface area contributed by atoms with Gasteiger partial charge in [0.05, 0.1) is 26.8 Å². The third kappa shape index (κ3) is 5.82. The summed E-state index contributed by atoms with van der Waals surface area (Å²) in [5.41, 5.74) is 1.15. The Morgan fingerprint density at radius 3 is 2.44 bits per heavy atom. The number of likely N-dealkylation sites (N-methyl/N-ethyl adjacent to an activating group) is 1. The second-order valence-corrected chi connectivity index (χ2v) is 7.95. The van der Waals surface area contributed by atoms with Crippen LogP contribution in [0.25, 0.3) is 0 Å². The van der Waals surface area contributed by atoms with Gasteiger partial charge in [-0.25, -0.2) is 4.98 Å². The third-order valence-electron chi connectivity index (χ3n) is 5.72. The Morgan fingerprint density at radius 1 is 1.09 bits per heavy atom. The van der Waals surface area contributed by atoms with Crippen LogP contribution in [0.2, 0.25) is 0 Å². The molecule has 1 aromatic carbocycles. The van der Waals surface area contributed by atoms with Gasteiger partial charge < -0.3 is 29.5 Å². The summed E-state index contributed by atoms with van der Waals surface area (Å²) in [5.74, 6) is 3.46. The summed E-state index contributed by atoms with van der Waals surface area (Å²) in [6, 6.07) is 12.3. The summed E-state index contributed by atoms with van der Waals surface area (Å²) in [5, 5.41) is 3.47. The van der Waals surface area contributed by atoms with E-state index < -0.39 is 0 Å². The van der Waals surface area contributed by atoms with Crippen molar-refractivity contribution in [3.63, 3.8) is 0 Å². The Morgan fingerprint density at radius 2 is 1.84 bits per heavy atom. The fourth-order valence-electron chi connectivity index (χ4n) is 3.91. The van der Waals surface area contributed by atoms with E-state index in [0.717, 1.165) is 61.6 Å². The lowest BCUT2D eigenvalue weighted by molar-refractivity contribution is 0.301. The van der Waals surface area contributed by atoms with Crippen molar-refractivity contribution in [1.82, 2.24) is 20.1 Å². The maximum absolute atomic E-state index is 5.50. The quantitative estimate of drug-likeness (QED) is 0.500. The summed E-state index contributed by atoms with van der Waals surface area (Å²) in [4.78, 5) is 16.4. The van der Waals surface area contributed by atoms with E-state index in [1.807, 2.05) is 30.5 Å². The monoisotopic (exact) mass is 440 g/mol. The fourth-order valence-corrected chi connectivity index (χ4v) is 3.91. The maximum Gasteiger partial charge on any atom is 0.194 e. The van der Waals surface area contributed by atoms with Crippen molar-refractivity contribution >= 4 is 11.8 Å². The number of pyridine rings is 1. The summed E-state index contributed by atoms with van der Waals surface area (Å²) in [7, 11) is 7.48. The molecular weight excluding hydrogens is 404 g/mol. The molecule has 1 N–H and O–H groups in total. The van der Waals surface area contributed by atoms with E-state index in [2.05, 4.69) is 58.2 Å². The predicted octanol–water partition coefficient (Wildman–Crippen LogP) is 2.49. The lowest BCUT2D eigenvalue weighted by Gasteiger charge is -2.37. The van der Waals surface area contributed by atoms with Crippen LogP contribution < -0.4 is 19.7 Å². The molecule has 32 heavy (non-hydrogen) atoms. The van der Waals surface area contributed by atoms with Crippen LogP contribution in [0.1, 0.15) is 18.5 Å². The topological polar surface area (TPSA) is 65.5 Å². The average Bonchev–Trinajstić information content (AvgIpc) is 2.83. The maximum atomic E-state index is 5.50. The summed E-state index contributed by atoms with van der Waals surface area (Å²) in [6.07, 6.45) is 1.85. The fraction of sp³-hybridized carbons (Fsp3) is 0.500. The van der Waals surface area contributed by atoms with Crippen LogP contribution >= 0.6 is 0 Å². The number of hydrogen-bond donors (Lipinski definition) is 1. The standard InChI is InChI=1S/C24H36N6O2/c1-6-25-24(30-15-13-29(14-16-30)23-9-7-8-12-26-23)27-18-20(28(2)3)19-10-11-21(31-4)22(17-19)32-5/h7-12,17,20H,6,13-16,18H2,1-5H3,(H,25,27). The predicted molar refractivity (Wildman–Crippen MR) is 130 cm³/mol. The van der Waals surface area contributed by atoms with Crippen molar-refractivity contribution in [3.05, 3.63) is 48.2 Å². The van der Waals surface area contributed by atoms with Crippen molar-refractivity contribution in [3.8, 4) is 11.5 Å². The van der Waals surface area contributed by atoms with E-state index in [4.69, 9.17) is 14.5 Å². The molecule has 8 heteroatoms. The zero-order chi connectivity index (χ0) is 22.9. The molecule has 1 unspecified atom stereocenters. The normalized spacial score (nSPS) is 15.6. The molecule has 3 rings (SSSR count). The Labute approximate surface area is 191 Å². The zero-order valence-corrected chi connectivity index (χ0v) is 19.9. The first-order valence-corrected chi connectivity index (χ1v) is 11.1. The number of nitrogens with zero attached hydrogens (tertiary/aromatic N) is 5. The summed E-state index contributed by atoms with van der Waals surface area (Å²) >= 11 is 0. The van der Waals surface area contributed by atoms with E-state index in [9.17, 15) is 0 Å².